The highest BCUT2D eigenvalue weighted by Gasteiger charge is 2.35. The molecule has 0 spiro atoms. The van der Waals surface area contributed by atoms with E-state index in [9.17, 15) is 9.90 Å². The molecule has 1 unspecified atom stereocenters. The van der Waals surface area contributed by atoms with Gasteiger partial charge in [-0.15, -0.1) is 12.4 Å². The van der Waals surface area contributed by atoms with Gasteiger partial charge in [-0.2, -0.15) is 4.89 Å². The monoisotopic (exact) mass is 482 g/mol. The van der Waals surface area contributed by atoms with Gasteiger partial charge in [0.1, 0.15) is 18.3 Å². The topological polar surface area (TPSA) is 94.3 Å². The van der Waals surface area contributed by atoms with E-state index in [0.29, 0.717) is 16.5 Å². The fourth-order valence-electron chi connectivity index (χ4n) is 4.44. The molecule has 2 aliphatic heterocycles. The minimum atomic E-state index is -0.957. The Hall–Kier alpha value is -2.19. The van der Waals surface area contributed by atoms with E-state index in [-0.39, 0.29) is 30.5 Å². The highest BCUT2D eigenvalue weighted by molar-refractivity contribution is 6.33. The molecule has 0 bridgehead atoms. The molecule has 1 atom stereocenters. The molecule has 0 aromatic heterocycles. The van der Waals surface area contributed by atoms with Crippen LogP contribution < -0.4 is 15.4 Å². The van der Waals surface area contributed by atoms with E-state index in [1.165, 1.54) is 5.56 Å². The van der Waals surface area contributed by atoms with Gasteiger partial charge in [0, 0.05) is 12.1 Å². The number of hydrogen-bond donors (Lipinski definition) is 2. The highest BCUT2D eigenvalue weighted by Crippen LogP contribution is 2.44. The molecule has 0 radical (unpaired) electrons. The SMILES string of the molecule is COc1ccc(CN2CCC(Cc3cc(Cl)c(N)c4c3C(C(=O)O)COO4)CC2)cc1.Cl. The van der Waals surface area contributed by atoms with Gasteiger partial charge in [-0.25, -0.2) is 0 Å². The van der Waals surface area contributed by atoms with Crippen LogP contribution in [0.2, 0.25) is 5.02 Å². The summed E-state index contributed by atoms with van der Waals surface area (Å²) in [6, 6.07) is 9.97. The summed E-state index contributed by atoms with van der Waals surface area (Å²) in [5, 5.41) is 10.0. The van der Waals surface area contributed by atoms with Crippen LogP contribution in [0.3, 0.4) is 0 Å². The summed E-state index contributed by atoms with van der Waals surface area (Å²) in [6.07, 6.45) is 2.80. The average molecular weight is 483 g/mol. The lowest BCUT2D eigenvalue weighted by Crippen LogP contribution is -2.34. The van der Waals surface area contributed by atoms with Crippen LogP contribution in [0.4, 0.5) is 5.69 Å². The number of carboxylic acids is 1. The van der Waals surface area contributed by atoms with Crippen molar-refractivity contribution in [2.75, 3.05) is 32.5 Å². The number of hydrogen-bond acceptors (Lipinski definition) is 6. The van der Waals surface area contributed by atoms with Crippen molar-refractivity contribution in [1.29, 1.82) is 0 Å². The molecule has 2 aliphatic rings. The van der Waals surface area contributed by atoms with Crippen molar-refractivity contribution in [3.05, 3.63) is 52.0 Å². The van der Waals surface area contributed by atoms with E-state index in [4.69, 9.17) is 31.8 Å². The number of benzene rings is 2. The van der Waals surface area contributed by atoms with Gasteiger partial charge in [-0.05, 0) is 67.6 Å². The van der Waals surface area contributed by atoms with Gasteiger partial charge < -0.3 is 20.5 Å². The third-order valence-corrected chi connectivity index (χ3v) is 6.51. The summed E-state index contributed by atoms with van der Waals surface area (Å²) in [6.45, 7) is 2.84. The number of piperidine rings is 1. The van der Waals surface area contributed by atoms with E-state index < -0.39 is 11.9 Å². The number of carbonyl (C=O) groups is 1. The summed E-state index contributed by atoms with van der Waals surface area (Å²) in [4.78, 5) is 24.5. The molecule has 2 aromatic carbocycles. The summed E-state index contributed by atoms with van der Waals surface area (Å²) in [5.41, 5.74) is 9.01. The first kappa shape index (κ1) is 24.5. The van der Waals surface area contributed by atoms with E-state index in [0.717, 1.165) is 50.2 Å². The number of halogens is 2. The number of aliphatic carboxylic acids is 1. The molecule has 174 valence electrons. The number of fused-ring (bicyclic) bond motifs is 1. The van der Waals surface area contributed by atoms with E-state index in [2.05, 4.69) is 17.0 Å². The van der Waals surface area contributed by atoms with E-state index >= 15 is 0 Å². The molecular weight excluding hydrogens is 455 g/mol. The minimum Gasteiger partial charge on any atom is -0.497 e. The zero-order valence-corrected chi connectivity index (χ0v) is 19.5. The number of carboxylic acid groups (broad SMARTS) is 1. The van der Waals surface area contributed by atoms with Crippen LogP contribution in [-0.2, 0) is 22.6 Å². The fourth-order valence-corrected chi connectivity index (χ4v) is 4.65. The molecule has 0 amide bonds. The molecule has 4 rings (SSSR count). The molecule has 0 aliphatic carbocycles. The fraction of sp³-hybridized carbons (Fsp3) is 0.435. The van der Waals surface area contributed by atoms with Gasteiger partial charge >= 0.3 is 5.97 Å². The lowest BCUT2D eigenvalue weighted by molar-refractivity contribution is -0.222. The first-order chi connectivity index (χ1) is 15.0. The standard InChI is InChI=1S/C23H27ClN2O5.ClH/c1-29-17-4-2-15(3-5-17)12-26-8-6-14(7-9-26)10-16-11-19(24)21(25)22-20(16)18(23(27)28)13-30-31-22;/h2-5,11,14,18H,6-10,12-13,25H2,1H3,(H,27,28);1H. The number of anilines is 1. The summed E-state index contributed by atoms with van der Waals surface area (Å²) >= 11 is 6.31. The number of rotatable bonds is 6. The Labute approximate surface area is 198 Å². The zero-order chi connectivity index (χ0) is 22.0. The third kappa shape index (κ3) is 5.23. The van der Waals surface area contributed by atoms with Crippen molar-refractivity contribution in [3.8, 4) is 11.5 Å². The lowest BCUT2D eigenvalue weighted by atomic mass is 9.84. The first-order valence-electron chi connectivity index (χ1n) is 10.4. The van der Waals surface area contributed by atoms with Crippen LogP contribution >= 0.6 is 24.0 Å². The number of nitrogen functional groups attached to an aromatic ring is 1. The molecule has 0 saturated carbocycles. The number of nitrogens with two attached hydrogens (primary N) is 1. The Balaban J connectivity index is 0.00000289. The lowest BCUT2D eigenvalue weighted by Gasteiger charge is -2.33. The molecule has 2 heterocycles. The van der Waals surface area contributed by atoms with Gasteiger partial charge in [-0.1, -0.05) is 23.7 Å². The Morgan fingerprint density at radius 2 is 1.97 bits per heavy atom. The van der Waals surface area contributed by atoms with Crippen molar-refractivity contribution in [2.24, 2.45) is 5.92 Å². The van der Waals surface area contributed by atoms with Crippen LogP contribution in [-0.4, -0.2) is 42.8 Å². The summed E-state index contributed by atoms with van der Waals surface area (Å²) in [7, 11) is 1.67. The quantitative estimate of drug-likeness (QED) is 0.468. The maximum atomic E-state index is 11.8. The number of ether oxygens (including phenoxy) is 1. The van der Waals surface area contributed by atoms with Crippen LogP contribution in [0.25, 0.3) is 0 Å². The number of methoxy groups -OCH3 is 1. The van der Waals surface area contributed by atoms with Gasteiger partial charge in [-0.3, -0.25) is 9.69 Å². The third-order valence-electron chi connectivity index (χ3n) is 6.20. The molecule has 32 heavy (non-hydrogen) atoms. The van der Waals surface area contributed by atoms with E-state index in [1.807, 2.05) is 12.1 Å². The Bertz CT molecular complexity index is 946. The number of nitrogens with zero attached hydrogens (tertiary/aromatic N) is 1. The second kappa shape index (κ2) is 10.6. The minimum absolute atomic E-state index is 0. The van der Waals surface area contributed by atoms with Crippen molar-refractivity contribution >= 4 is 35.7 Å². The molecular formula is C23H28Cl2N2O5. The molecule has 2 aromatic rings. The first-order valence-corrected chi connectivity index (χ1v) is 10.8. The van der Waals surface area contributed by atoms with Crippen molar-refractivity contribution < 1.29 is 24.4 Å². The van der Waals surface area contributed by atoms with Crippen molar-refractivity contribution in [3.63, 3.8) is 0 Å². The van der Waals surface area contributed by atoms with Crippen LogP contribution in [0.15, 0.2) is 30.3 Å². The van der Waals surface area contributed by atoms with E-state index in [1.54, 1.807) is 13.2 Å². The summed E-state index contributed by atoms with van der Waals surface area (Å²) in [5.74, 6) is -0.219. The number of likely N-dealkylation sites (tertiary alicyclic amines) is 1. The Kier molecular flexibility index (Phi) is 8.11. The largest absolute Gasteiger partial charge is 0.497 e. The van der Waals surface area contributed by atoms with Crippen LogP contribution in [0.5, 0.6) is 11.5 Å². The Morgan fingerprint density at radius 1 is 1.28 bits per heavy atom. The molecule has 1 fully saturated rings. The Morgan fingerprint density at radius 3 is 2.59 bits per heavy atom. The van der Waals surface area contributed by atoms with Gasteiger partial charge in [0.15, 0.2) is 5.75 Å². The smallest absolute Gasteiger partial charge is 0.313 e. The van der Waals surface area contributed by atoms with Crippen LogP contribution in [0.1, 0.15) is 35.4 Å². The van der Waals surface area contributed by atoms with Crippen LogP contribution in [0, 0.1) is 5.92 Å². The maximum absolute atomic E-state index is 11.8. The van der Waals surface area contributed by atoms with Crippen molar-refractivity contribution in [2.45, 2.75) is 31.7 Å². The highest BCUT2D eigenvalue weighted by atomic mass is 35.5. The van der Waals surface area contributed by atoms with Gasteiger partial charge in [0.25, 0.3) is 0 Å². The average Bonchev–Trinajstić information content (AvgIpc) is 2.78. The van der Waals surface area contributed by atoms with Crippen molar-refractivity contribution in [1.82, 2.24) is 4.90 Å². The molecule has 9 heteroatoms. The summed E-state index contributed by atoms with van der Waals surface area (Å²) < 4.78 is 5.22. The predicted octanol–water partition coefficient (Wildman–Crippen LogP) is 4.30. The van der Waals surface area contributed by atoms with Gasteiger partial charge in [0.2, 0.25) is 0 Å². The molecule has 3 N–H and O–H groups in total. The molecule has 1 saturated heterocycles. The maximum Gasteiger partial charge on any atom is 0.313 e. The molecule has 7 nitrogen and oxygen atoms in total. The van der Waals surface area contributed by atoms with Gasteiger partial charge in [0.05, 0.1) is 17.8 Å². The second-order valence-corrected chi connectivity index (χ2v) is 8.61. The predicted molar refractivity (Wildman–Crippen MR) is 125 cm³/mol. The second-order valence-electron chi connectivity index (χ2n) is 8.20. The zero-order valence-electron chi connectivity index (χ0n) is 17.9. The normalized spacial score (nSPS) is 18.9.